The smallest absolute Gasteiger partial charge is 0.240 e. The Morgan fingerprint density at radius 1 is 1.37 bits per heavy atom. The average molecular weight is 260 g/mol. The second kappa shape index (κ2) is 6.79. The fraction of sp³-hybridized carbons (Fsp3) is 0.467. The third-order valence-electron chi connectivity index (χ3n) is 3.49. The number of ether oxygens (including phenoxy) is 1. The summed E-state index contributed by atoms with van der Waals surface area (Å²) in [6, 6.07) is 9.64. The molecule has 1 aromatic carbocycles. The molecule has 4 nitrogen and oxygen atoms in total. The molecule has 0 unspecified atom stereocenters. The van der Waals surface area contributed by atoms with E-state index in [1.807, 2.05) is 38.1 Å². The molecule has 0 spiro atoms. The highest BCUT2D eigenvalue weighted by Gasteiger charge is 2.34. The minimum absolute atomic E-state index is 0.217. The van der Waals surface area contributed by atoms with Crippen LogP contribution < -0.4 is 10.1 Å². The number of rotatable bonds is 6. The van der Waals surface area contributed by atoms with Gasteiger partial charge in [0.1, 0.15) is 11.2 Å². The lowest BCUT2D eigenvalue weighted by molar-refractivity contribution is -0.128. The van der Waals surface area contributed by atoms with Crippen molar-refractivity contribution in [2.75, 3.05) is 7.11 Å². The molecule has 0 aliphatic rings. The Labute approximate surface area is 114 Å². The van der Waals surface area contributed by atoms with Crippen molar-refractivity contribution >= 4 is 5.91 Å². The molecule has 0 bridgehead atoms. The highest BCUT2D eigenvalue weighted by Crippen LogP contribution is 2.26. The molecule has 0 aliphatic carbocycles. The fourth-order valence-electron chi connectivity index (χ4n) is 1.97. The number of carbonyl (C=O) groups excluding carboxylic acids is 1. The Kier molecular flexibility index (Phi) is 5.37. The first-order valence-corrected chi connectivity index (χ1v) is 6.45. The van der Waals surface area contributed by atoms with Crippen LogP contribution >= 0.6 is 0 Å². The first kappa shape index (κ1) is 15.0. The maximum Gasteiger partial charge on any atom is 0.240 e. The van der Waals surface area contributed by atoms with Gasteiger partial charge in [-0.3, -0.25) is 4.79 Å². The SMILES string of the molecule is CCC(C#N)(CC)C(=O)NCc1ccccc1OC. The summed E-state index contributed by atoms with van der Waals surface area (Å²) in [5.41, 5.74) is -0.0282. The van der Waals surface area contributed by atoms with Gasteiger partial charge in [-0.25, -0.2) is 0 Å². The quantitative estimate of drug-likeness (QED) is 0.855. The van der Waals surface area contributed by atoms with E-state index < -0.39 is 5.41 Å². The highest BCUT2D eigenvalue weighted by atomic mass is 16.5. The predicted molar refractivity (Wildman–Crippen MR) is 73.5 cm³/mol. The first-order valence-electron chi connectivity index (χ1n) is 6.45. The second-order valence-electron chi connectivity index (χ2n) is 4.40. The number of nitrogens with zero attached hydrogens (tertiary/aromatic N) is 1. The summed E-state index contributed by atoms with van der Waals surface area (Å²) in [7, 11) is 1.60. The Hall–Kier alpha value is -2.02. The van der Waals surface area contributed by atoms with Crippen molar-refractivity contribution in [1.29, 1.82) is 5.26 Å². The standard InChI is InChI=1S/C15H20N2O2/c1-4-15(5-2,11-16)14(18)17-10-12-8-6-7-9-13(12)19-3/h6-9H,4-5,10H2,1-3H3,(H,17,18). The molecule has 1 N–H and O–H groups in total. The number of para-hydroxylation sites is 1. The Bertz CT molecular complexity index is 473. The summed E-state index contributed by atoms with van der Waals surface area (Å²) in [5, 5.41) is 12.0. The van der Waals surface area contributed by atoms with Crippen LogP contribution in [0.25, 0.3) is 0 Å². The van der Waals surface area contributed by atoms with Crippen LogP contribution in [-0.2, 0) is 11.3 Å². The molecule has 0 aromatic heterocycles. The summed E-state index contributed by atoms with van der Waals surface area (Å²) in [5.74, 6) is 0.518. The van der Waals surface area contributed by atoms with Crippen molar-refractivity contribution in [3.8, 4) is 11.8 Å². The number of benzene rings is 1. The summed E-state index contributed by atoms with van der Waals surface area (Å²) >= 11 is 0. The van der Waals surface area contributed by atoms with Gasteiger partial charge in [-0.05, 0) is 18.9 Å². The maximum atomic E-state index is 12.2. The van der Waals surface area contributed by atoms with Crippen molar-refractivity contribution in [2.24, 2.45) is 5.41 Å². The molecule has 1 amide bonds. The Morgan fingerprint density at radius 2 is 2.00 bits per heavy atom. The summed E-state index contributed by atoms with van der Waals surface area (Å²) in [6.45, 7) is 4.08. The molecule has 0 saturated carbocycles. The van der Waals surface area contributed by atoms with E-state index in [1.54, 1.807) is 7.11 Å². The zero-order chi connectivity index (χ0) is 14.3. The van der Waals surface area contributed by atoms with Gasteiger partial charge >= 0.3 is 0 Å². The topological polar surface area (TPSA) is 62.1 Å². The van der Waals surface area contributed by atoms with E-state index in [9.17, 15) is 10.1 Å². The normalized spacial score (nSPS) is 10.6. The highest BCUT2D eigenvalue weighted by molar-refractivity contribution is 5.85. The van der Waals surface area contributed by atoms with Crippen molar-refractivity contribution in [1.82, 2.24) is 5.32 Å². The van der Waals surface area contributed by atoms with Gasteiger partial charge in [0.15, 0.2) is 0 Å². The molecule has 0 atom stereocenters. The molecule has 1 aromatic rings. The van der Waals surface area contributed by atoms with Crippen LogP contribution in [0.5, 0.6) is 5.75 Å². The number of hydrogen-bond donors (Lipinski definition) is 1. The monoisotopic (exact) mass is 260 g/mol. The molecular formula is C15H20N2O2. The molecule has 4 heteroatoms. The molecule has 0 fully saturated rings. The van der Waals surface area contributed by atoms with Gasteiger partial charge in [0.2, 0.25) is 5.91 Å². The van der Waals surface area contributed by atoms with Crippen molar-refractivity contribution in [3.05, 3.63) is 29.8 Å². The third-order valence-corrected chi connectivity index (χ3v) is 3.49. The molecule has 0 heterocycles. The van der Waals surface area contributed by atoms with E-state index in [-0.39, 0.29) is 5.91 Å². The van der Waals surface area contributed by atoms with Crippen LogP contribution in [0.3, 0.4) is 0 Å². The van der Waals surface area contributed by atoms with Gasteiger partial charge in [-0.1, -0.05) is 32.0 Å². The lowest BCUT2D eigenvalue weighted by atomic mass is 9.83. The number of methoxy groups -OCH3 is 1. The van der Waals surface area contributed by atoms with Crippen LogP contribution in [0.1, 0.15) is 32.3 Å². The predicted octanol–water partition coefficient (Wildman–Crippen LogP) is 2.64. The summed E-state index contributed by atoms with van der Waals surface area (Å²) in [6.07, 6.45) is 1.02. The average Bonchev–Trinajstić information content (AvgIpc) is 2.47. The van der Waals surface area contributed by atoms with Gasteiger partial charge < -0.3 is 10.1 Å². The zero-order valence-corrected chi connectivity index (χ0v) is 11.7. The number of carbonyl (C=O) groups is 1. The molecule has 0 radical (unpaired) electrons. The van der Waals surface area contributed by atoms with Gasteiger partial charge in [0.05, 0.1) is 13.2 Å². The number of nitrogens with one attached hydrogen (secondary N) is 1. The van der Waals surface area contributed by atoms with E-state index in [4.69, 9.17) is 4.74 Å². The molecule has 102 valence electrons. The first-order chi connectivity index (χ1) is 9.13. The van der Waals surface area contributed by atoms with E-state index in [0.717, 1.165) is 11.3 Å². The number of nitriles is 1. The number of hydrogen-bond acceptors (Lipinski definition) is 3. The van der Waals surface area contributed by atoms with Crippen molar-refractivity contribution in [3.63, 3.8) is 0 Å². The van der Waals surface area contributed by atoms with E-state index in [0.29, 0.717) is 19.4 Å². The van der Waals surface area contributed by atoms with Crippen LogP contribution in [-0.4, -0.2) is 13.0 Å². The molecule has 0 aliphatic heterocycles. The van der Waals surface area contributed by atoms with Gasteiger partial charge in [-0.2, -0.15) is 5.26 Å². The van der Waals surface area contributed by atoms with Gasteiger partial charge in [0, 0.05) is 12.1 Å². The van der Waals surface area contributed by atoms with E-state index >= 15 is 0 Å². The Morgan fingerprint density at radius 3 is 2.53 bits per heavy atom. The minimum atomic E-state index is -0.929. The third kappa shape index (κ3) is 3.25. The lowest BCUT2D eigenvalue weighted by Gasteiger charge is -2.22. The molecule has 0 saturated heterocycles. The van der Waals surface area contributed by atoms with E-state index in [1.165, 1.54) is 0 Å². The van der Waals surface area contributed by atoms with Crippen molar-refractivity contribution < 1.29 is 9.53 Å². The second-order valence-corrected chi connectivity index (χ2v) is 4.40. The fourth-order valence-corrected chi connectivity index (χ4v) is 1.97. The summed E-state index contributed by atoms with van der Waals surface area (Å²) in [4.78, 5) is 12.2. The van der Waals surface area contributed by atoms with Crippen LogP contribution in [0.2, 0.25) is 0 Å². The van der Waals surface area contributed by atoms with Gasteiger partial charge in [0.25, 0.3) is 0 Å². The number of amides is 1. The lowest BCUT2D eigenvalue weighted by Crippen LogP contribution is -2.39. The summed E-state index contributed by atoms with van der Waals surface area (Å²) < 4.78 is 5.23. The maximum absolute atomic E-state index is 12.2. The Balaban J connectivity index is 2.77. The van der Waals surface area contributed by atoms with E-state index in [2.05, 4.69) is 11.4 Å². The molecule has 1 rings (SSSR count). The van der Waals surface area contributed by atoms with Crippen LogP contribution in [0, 0.1) is 16.7 Å². The van der Waals surface area contributed by atoms with Crippen LogP contribution in [0.15, 0.2) is 24.3 Å². The molecule has 19 heavy (non-hydrogen) atoms. The minimum Gasteiger partial charge on any atom is -0.496 e. The van der Waals surface area contributed by atoms with Crippen molar-refractivity contribution in [2.45, 2.75) is 33.2 Å². The largest absolute Gasteiger partial charge is 0.496 e. The van der Waals surface area contributed by atoms with Crippen LogP contribution in [0.4, 0.5) is 0 Å². The van der Waals surface area contributed by atoms with Gasteiger partial charge in [-0.15, -0.1) is 0 Å². The molecular weight excluding hydrogens is 240 g/mol. The zero-order valence-electron chi connectivity index (χ0n) is 11.7.